The van der Waals surface area contributed by atoms with Crippen molar-refractivity contribution in [1.82, 2.24) is 15.3 Å². The largest absolute Gasteiger partial charge is 0.347 e. The van der Waals surface area contributed by atoms with Gasteiger partial charge in [0.25, 0.3) is 5.91 Å². The zero-order valence-electron chi connectivity index (χ0n) is 14.0. The molecule has 0 bridgehead atoms. The summed E-state index contributed by atoms with van der Waals surface area (Å²) in [6.07, 6.45) is 0. The number of rotatable bonds is 5. The number of aryl methyl sites for hydroxylation is 1. The average Bonchev–Trinajstić information content (AvgIpc) is 2.62. The molecule has 3 rings (SSSR count). The molecule has 1 heterocycles. The van der Waals surface area contributed by atoms with E-state index in [1.54, 1.807) is 30.3 Å². The fraction of sp³-hybridized carbons (Fsp3) is 0.105. The second-order valence-electron chi connectivity index (χ2n) is 5.66. The summed E-state index contributed by atoms with van der Waals surface area (Å²) in [5.41, 5.74) is 2.72. The van der Waals surface area contributed by atoms with Gasteiger partial charge in [0.05, 0.1) is 0 Å². The SMILES string of the molecule is Cc1cc(C(=O)NCc2ccc(Cl)cc2)nc(Nc2ccc(Cl)cc2)n1. The highest BCUT2D eigenvalue weighted by Gasteiger charge is 2.11. The van der Waals surface area contributed by atoms with Crippen LogP contribution in [0, 0.1) is 6.92 Å². The lowest BCUT2D eigenvalue weighted by atomic mass is 10.2. The molecule has 0 fully saturated rings. The third-order valence-electron chi connectivity index (χ3n) is 3.55. The van der Waals surface area contributed by atoms with Gasteiger partial charge in [-0.25, -0.2) is 9.97 Å². The number of carbonyl (C=O) groups is 1. The van der Waals surface area contributed by atoms with Gasteiger partial charge in [-0.2, -0.15) is 0 Å². The highest BCUT2D eigenvalue weighted by atomic mass is 35.5. The molecule has 1 aromatic heterocycles. The second-order valence-corrected chi connectivity index (χ2v) is 6.53. The monoisotopic (exact) mass is 386 g/mol. The van der Waals surface area contributed by atoms with E-state index in [0.717, 1.165) is 11.3 Å². The van der Waals surface area contributed by atoms with E-state index in [9.17, 15) is 4.79 Å². The summed E-state index contributed by atoms with van der Waals surface area (Å²) in [6, 6.07) is 16.1. The molecule has 0 unspecified atom stereocenters. The Morgan fingerprint density at radius 1 is 0.962 bits per heavy atom. The van der Waals surface area contributed by atoms with Crippen molar-refractivity contribution in [3.63, 3.8) is 0 Å². The number of hydrogen-bond donors (Lipinski definition) is 2. The zero-order valence-corrected chi connectivity index (χ0v) is 15.5. The number of nitrogens with one attached hydrogen (secondary N) is 2. The van der Waals surface area contributed by atoms with Gasteiger partial charge in [-0.1, -0.05) is 35.3 Å². The van der Waals surface area contributed by atoms with Crippen LogP contribution < -0.4 is 10.6 Å². The third kappa shape index (κ3) is 4.94. The number of halogens is 2. The highest BCUT2D eigenvalue weighted by Crippen LogP contribution is 2.17. The molecule has 132 valence electrons. The molecule has 0 aliphatic heterocycles. The van der Waals surface area contributed by atoms with E-state index in [-0.39, 0.29) is 5.91 Å². The molecule has 0 radical (unpaired) electrons. The molecule has 0 spiro atoms. The summed E-state index contributed by atoms with van der Waals surface area (Å²) < 4.78 is 0. The van der Waals surface area contributed by atoms with E-state index < -0.39 is 0 Å². The Hall–Kier alpha value is -2.63. The van der Waals surface area contributed by atoms with Crippen molar-refractivity contribution in [3.05, 3.63) is 81.6 Å². The summed E-state index contributed by atoms with van der Waals surface area (Å²) >= 11 is 11.7. The van der Waals surface area contributed by atoms with Crippen LogP contribution in [0.25, 0.3) is 0 Å². The first-order chi connectivity index (χ1) is 12.5. The van der Waals surface area contributed by atoms with Gasteiger partial charge >= 0.3 is 0 Å². The Kier molecular flexibility index (Phi) is 5.71. The molecule has 0 saturated carbocycles. The fourth-order valence-electron chi connectivity index (χ4n) is 2.28. The predicted molar refractivity (Wildman–Crippen MR) is 104 cm³/mol. The maximum Gasteiger partial charge on any atom is 0.270 e. The van der Waals surface area contributed by atoms with Crippen molar-refractivity contribution >= 4 is 40.7 Å². The molecule has 2 N–H and O–H groups in total. The smallest absolute Gasteiger partial charge is 0.270 e. The first kappa shape index (κ1) is 18.2. The Bertz CT molecular complexity index is 912. The zero-order chi connectivity index (χ0) is 18.5. The quantitative estimate of drug-likeness (QED) is 0.662. The molecule has 2 aromatic carbocycles. The van der Waals surface area contributed by atoms with E-state index in [4.69, 9.17) is 23.2 Å². The summed E-state index contributed by atoms with van der Waals surface area (Å²) in [4.78, 5) is 21.0. The summed E-state index contributed by atoms with van der Waals surface area (Å²) in [5, 5.41) is 7.21. The van der Waals surface area contributed by atoms with Gasteiger partial charge in [0.15, 0.2) is 0 Å². The minimum absolute atomic E-state index is 0.274. The van der Waals surface area contributed by atoms with Gasteiger partial charge in [-0.05, 0) is 55.0 Å². The predicted octanol–water partition coefficient (Wildman–Crippen LogP) is 4.77. The Labute approximate surface area is 161 Å². The first-order valence-electron chi connectivity index (χ1n) is 7.90. The van der Waals surface area contributed by atoms with E-state index >= 15 is 0 Å². The normalized spacial score (nSPS) is 10.4. The van der Waals surface area contributed by atoms with Gasteiger partial charge < -0.3 is 10.6 Å². The van der Waals surface area contributed by atoms with E-state index in [2.05, 4.69) is 20.6 Å². The summed E-state index contributed by atoms with van der Waals surface area (Å²) in [7, 11) is 0. The molecular weight excluding hydrogens is 371 g/mol. The minimum atomic E-state index is -0.274. The lowest BCUT2D eigenvalue weighted by Crippen LogP contribution is -2.24. The van der Waals surface area contributed by atoms with E-state index in [1.165, 1.54) is 0 Å². The van der Waals surface area contributed by atoms with Crippen LogP contribution >= 0.6 is 23.2 Å². The molecule has 0 atom stereocenters. The molecule has 0 aliphatic rings. The molecular formula is C19H16Cl2N4O. The summed E-state index contributed by atoms with van der Waals surface area (Å²) in [5.74, 6) is 0.0774. The number of benzene rings is 2. The van der Waals surface area contributed by atoms with Crippen molar-refractivity contribution in [3.8, 4) is 0 Å². The van der Waals surface area contributed by atoms with Crippen LogP contribution in [0.15, 0.2) is 54.6 Å². The Morgan fingerprint density at radius 3 is 2.23 bits per heavy atom. The van der Waals surface area contributed by atoms with Crippen molar-refractivity contribution in [2.45, 2.75) is 13.5 Å². The lowest BCUT2D eigenvalue weighted by molar-refractivity contribution is 0.0945. The number of nitrogens with zero attached hydrogens (tertiary/aromatic N) is 2. The molecule has 0 saturated heterocycles. The third-order valence-corrected chi connectivity index (χ3v) is 4.06. The van der Waals surface area contributed by atoms with Gasteiger partial charge in [0.2, 0.25) is 5.95 Å². The van der Waals surface area contributed by atoms with E-state index in [1.807, 2.05) is 31.2 Å². The average molecular weight is 387 g/mol. The summed E-state index contributed by atoms with van der Waals surface area (Å²) in [6.45, 7) is 2.20. The number of carbonyl (C=O) groups excluding carboxylic acids is 1. The molecule has 7 heteroatoms. The van der Waals surface area contributed by atoms with Gasteiger partial charge in [-0.3, -0.25) is 4.79 Å². The topological polar surface area (TPSA) is 66.9 Å². The van der Waals surface area contributed by atoms with Crippen molar-refractivity contribution in [1.29, 1.82) is 0 Å². The number of amides is 1. The van der Waals surface area contributed by atoms with Gasteiger partial charge in [0.1, 0.15) is 5.69 Å². The molecule has 1 amide bonds. The molecule has 5 nitrogen and oxygen atoms in total. The van der Waals surface area contributed by atoms with Gasteiger partial charge in [0, 0.05) is 28.0 Å². The lowest BCUT2D eigenvalue weighted by Gasteiger charge is -2.09. The molecule has 0 aliphatic carbocycles. The Balaban J connectivity index is 1.70. The molecule has 3 aromatic rings. The van der Waals surface area contributed by atoms with Crippen molar-refractivity contribution in [2.75, 3.05) is 5.32 Å². The van der Waals surface area contributed by atoms with Crippen LogP contribution in [0.5, 0.6) is 0 Å². The fourth-order valence-corrected chi connectivity index (χ4v) is 2.53. The number of aromatic nitrogens is 2. The number of anilines is 2. The maximum absolute atomic E-state index is 12.4. The highest BCUT2D eigenvalue weighted by molar-refractivity contribution is 6.30. The van der Waals surface area contributed by atoms with Crippen LogP contribution in [0.1, 0.15) is 21.7 Å². The van der Waals surface area contributed by atoms with Crippen molar-refractivity contribution < 1.29 is 4.79 Å². The van der Waals surface area contributed by atoms with Crippen molar-refractivity contribution in [2.24, 2.45) is 0 Å². The van der Waals surface area contributed by atoms with Gasteiger partial charge in [-0.15, -0.1) is 0 Å². The Morgan fingerprint density at radius 2 is 1.58 bits per heavy atom. The van der Waals surface area contributed by atoms with Crippen LogP contribution in [0.2, 0.25) is 10.0 Å². The second kappa shape index (κ2) is 8.17. The molecule has 26 heavy (non-hydrogen) atoms. The van der Waals surface area contributed by atoms with Crippen LogP contribution in [-0.2, 0) is 6.54 Å². The minimum Gasteiger partial charge on any atom is -0.347 e. The van der Waals surface area contributed by atoms with Crippen LogP contribution in [0.3, 0.4) is 0 Å². The van der Waals surface area contributed by atoms with E-state index in [0.29, 0.717) is 33.9 Å². The number of hydrogen-bond acceptors (Lipinski definition) is 4. The standard InChI is InChI=1S/C19H16Cl2N4O/c1-12-10-17(18(26)22-11-13-2-4-14(20)5-3-13)25-19(23-12)24-16-8-6-15(21)7-9-16/h2-10H,11H2,1H3,(H,22,26)(H,23,24,25). The van der Waals surface area contributed by atoms with Crippen LogP contribution in [-0.4, -0.2) is 15.9 Å². The maximum atomic E-state index is 12.4. The first-order valence-corrected chi connectivity index (χ1v) is 8.66. The van der Waals surface area contributed by atoms with Crippen LogP contribution in [0.4, 0.5) is 11.6 Å².